The highest BCUT2D eigenvalue weighted by Gasteiger charge is 2.14. The van der Waals surface area contributed by atoms with Gasteiger partial charge in [0.05, 0.1) is 12.5 Å². The summed E-state index contributed by atoms with van der Waals surface area (Å²) in [6, 6.07) is 3.28. The highest BCUT2D eigenvalue weighted by atomic mass is 127. The molecule has 0 bridgehead atoms. The third-order valence-electron chi connectivity index (χ3n) is 1.80. The maximum absolute atomic E-state index is 12.5. The van der Waals surface area contributed by atoms with E-state index in [-0.39, 0.29) is 12.0 Å². The molecule has 0 amide bonds. The molecule has 0 aliphatic heterocycles. The summed E-state index contributed by atoms with van der Waals surface area (Å²) in [5.41, 5.74) is 1.12. The number of aryl methyl sites for hydroxylation is 1. The van der Waals surface area contributed by atoms with Gasteiger partial charge in [-0.2, -0.15) is 5.26 Å². The van der Waals surface area contributed by atoms with E-state index < -0.39 is 6.43 Å². The number of nitriles is 1. The molecule has 14 heavy (non-hydrogen) atoms. The summed E-state index contributed by atoms with van der Waals surface area (Å²) in [7, 11) is 0. The van der Waals surface area contributed by atoms with Crippen molar-refractivity contribution in [2.75, 3.05) is 0 Å². The highest BCUT2D eigenvalue weighted by Crippen LogP contribution is 2.25. The zero-order chi connectivity index (χ0) is 10.7. The molecule has 0 saturated carbocycles. The van der Waals surface area contributed by atoms with Crippen molar-refractivity contribution in [1.82, 2.24) is 4.98 Å². The summed E-state index contributed by atoms with van der Waals surface area (Å²) in [6.45, 7) is 1.71. The van der Waals surface area contributed by atoms with Gasteiger partial charge in [0.2, 0.25) is 0 Å². The second-order valence-electron chi connectivity index (χ2n) is 2.75. The molecule has 1 aromatic heterocycles. The third kappa shape index (κ3) is 2.38. The summed E-state index contributed by atoms with van der Waals surface area (Å²) < 4.78 is 25.2. The van der Waals surface area contributed by atoms with E-state index in [1.165, 1.54) is 6.07 Å². The van der Waals surface area contributed by atoms with Crippen LogP contribution < -0.4 is 0 Å². The quantitative estimate of drug-likeness (QED) is 0.622. The fraction of sp³-hybridized carbons (Fsp3) is 0.333. The molecule has 2 nitrogen and oxygen atoms in total. The highest BCUT2D eigenvalue weighted by molar-refractivity contribution is 14.1. The summed E-state index contributed by atoms with van der Waals surface area (Å²) in [5, 5.41) is 8.48. The van der Waals surface area contributed by atoms with E-state index in [4.69, 9.17) is 5.26 Å². The zero-order valence-electron chi connectivity index (χ0n) is 7.39. The number of aromatic nitrogens is 1. The third-order valence-corrected chi connectivity index (χ3v) is 2.67. The Balaban J connectivity index is 3.21. The van der Waals surface area contributed by atoms with Gasteiger partial charge in [-0.05, 0) is 41.1 Å². The van der Waals surface area contributed by atoms with Crippen molar-refractivity contribution in [3.8, 4) is 6.07 Å². The Bertz CT molecular complexity index is 385. The van der Waals surface area contributed by atoms with Crippen LogP contribution in [0.4, 0.5) is 8.78 Å². The normalized spacial score (nSPS) is 10.3. The van der Waals surface area contributed by atoms with Crippen LogP contribution in [0.25, 0.3) is 0 Å². The number of hydrogen-bond donors (Lipinski definition) is 0. The molecule has 0 saturated heterocycles. The molecule has 1 heterocycles. The predicted molar refractivity (Wildman–Crippen MR) is 56.0 cm³/mol. The Morgan fingerprint density at radius 3 is 2.79 bits per heavy atom. The first-order chi connectivity index (χ1) is 6.56. The minimum Gasteiger partial charge on any atom is -0.246 e. The average molecular weight is 308 g/mol. The Hall–Kier alpha value is -0.770. The van der Waals surface area contributed by atoms with Crippen LogP contribution in [0, 0.1) is 22.0 Å². The zero-order valence-corrected chi connectivity index (χ0v) is 9.55. The predicted octanol–water partition coefficient (Wildman–Crippen LogP) is 3.00. The lowest BCUT2D eigenvalue weighted by Crippen LogP contribution is -2.00. The Morgan fingerprint density at radius 2 is 2.29 bits per heavy atom. The van der Waals surface area contributed by atoms with E-state index in [1.54, 1.807) is 29.5 Å². The van der Waals surface area contributed by atoms with Crippen molar-refractivity contribution >= 4 is 22.6 Å². The summed E-state index contributed by atoms with van der Waals surface area (Å²) in [6.07, 6.45) is -2.41. The van der Waals surface area contributed by atoms with E-state index in [1.807, 2.05) is 6.07 Å². The second kappa shape index (κ2) is 4.64. The minimum absolute atomic E-state index is 0.0959. The average Bonchev–Trinajstić information content (AvgIpc) is 2.09. The molecular formula is C9H7F2IN2. The fourth-order valence-electron chi connectivity index (χ4n) is 1.05. The van der Waals surface area contributed by atoms with Gasteiger partial charge in [-0.15, -0.1) is 0 Å². The van der Waals surface area contributed by atoms with Crippen molar-refractivity contribution in [3.05, 3.63) is 26.6 Å². The van der Waals surface area contributed by atoms with Gasteiger partial charge in [0.1, 0.15) is 3.70 Å². The maximum Gasteiger partial charge on any atom is 0.266 e. The first kappa shape index (κ1) is 11.3. The van der Waals surface area contributed by atoms with Crippen LogP contribution in [0.2, 0.25) is 0 Å². The molecule has 0 aliphatic carbocycles. The molecule has 0 spiro atoms. The van der Waals surface area contributed by atoms with E-state index in [0.29, 0.717) is 15.0 Å². The van der Waals surface area contributed by atoms with Crippen LogP contribution in [-0.4, -0.2) is 4.98 Å². The molecule has 0 fully saturated rings. The number of halogens is 3. The SMILES string of the molecule is Cc1nc(I)c(C(F)F)cc1CC#N. The van der Waals surface area contributed by atoms with Crippen molar-refractivity contribution in [2.24, 2.45) is 0 Å². The number of pyridine rings is 1. The van der Waals surface area contributed by atoms with Gasteiger partial charge >= 0.3 is 0 Å². The molecule has 0 unspecified atom stereocenters. The molecule has 5 heteroatoms. The molecule has 1 rings (SSSR count). The lowest BCUT2D eigenvalue weighted by molar-refractivity contribution is 0.149. The summed E-state index contributed by atoms with van der Waals surface area (Å²) in [4.78, 5) is 3.97. The van der Waals surface area contributed by atoms with Crippen molar-refractivity contribution in [3.63, 3.8) is 0 Å². The smallest absolute Gasteiger partial charge is 0.246 e. The molecule has 0 radical (unpaired) electrons. The largest absolute Gasteiger partial charge is 0.266 e. The van der Waals surface area contributed by atoms with Crippen molar-refractivity contribution < 1.29 is 8.78 Å². The number of nitrogens with zero attached hydrogens (tertiary/aromatic N) is 2. The van der Waals surface area contributed by atoms with Crippen LogP contribution >= 0.6 is 22.6 Å². The standard InChI is InChI=1S/C9H7F2IN2/c1-5-6(2-3-13)4-7(8(10)11)9(12)14-5/h4,8H,2H2,1H3. The second-order valence-corrected chi connectivity index (χ2v) is 3.77. The molecule has 0 N–H and O–H groups in total. The minimum atomic E-state index is -2.53. The lowest BCUT2D eigenvalue weighted by atomic mass is 10.1. The maximum atomic E-state index is 12.5. The van der Waals surface area contributed by atoms with E-state index in [9.17, 15) is 8.78 Å². The Labute approximate surface area is 94.1 Å². The molecule has 74 valence electrons. The number of alkyl halides is 2. The van der Waals surface area contributed by atoms with Gasteiger partial charge < -0.3 is 0 Å². The topological polar surface area (TPSA) is 36.7 Å². The van der Waals surface area contributed by atoms with E-state index >= 15 is 0 Å². The molecule has 0 atom stereocenters. The molecule has 1 aromatic rings. The van der Waals surface area contributed by atoms with Crippen LogP contribution in [-0.2, 0) is 6.42 Å². The van der Waals surface area contributed by atoms with Crippen molar-refractivity contribution in [1.29, 1.82) is 5.26 Å². The van der Waals surface area contributed by atoms with E-state index in [2.05, 4.69) is 4.98 Å². The molecule has 0 aromatic carbocycles. The first-order valence-electron chi connectivity index (χ1n) is 3.87. The fourth-order valence-corrected chi connectivity index (χ4v) is 1.81. The molecular weight excluding hydrogens is 301 g/mol. The van der Waals surface area contributed by atoms with E-state index in [0.717, 1.165) is 0 Å². The summed E-state index contributed by atoms with van der Waals surface area (Å²) >= 11 is 1.77. The van der Waals surface area contributed by atoms with Gasteiger partial charge in [0, 0.05) is 11.3 Å². The first-order valence-corrected chi connectivity index (χ1v) is 4.95. The van der Waals surface area contributed by atoms with Crippen LogP contribution in [0.3, 0.4) is 0 Å². The van der Waals surface area contributed by atoms with Crippen LogP contribution in [0.15, 0.2) is 6.07 Å². The van der Waals surface area contributed by atoms with Crippen molar-refractivity contribution in [2.45, 2.75) is 19.8 Å². The number of rotatable bonds is 2. The lowest BCUT2D eigenvalue weighted by Gasteiger charge is -2.07. The monoisotopic (exact) mass is 308 g/mol. The van der Waals surface area contributed by atoms with Gasteiger partial charge in [-0.25, -0.2) is 13.8 Å². The van der Waals surface area contributed by atoms with Crippen LogP contribution in [0.1, 0.15) is 23.2 Å². The summed E-state index contributed by atoms with van der Waals surface area (Å²) in [5.74, 6) is 0. The Morgan fingerprint density at radius 1 is 1.64 bits per heavy atom. The molecule has 0 aliphatic rings. The number of hydrogen-bond acceptors (Lipinski definition) is 2. The van der Waals surface area contributed by atoms with Gasteiger partial charge in [0.25, 0.3) is 6.43 Å². The van der Waals surface area contributed by atoms with Gasteiger partial charge in [-0.3, -0.25) is 0 Å². The Kier molecular flexibility index (Phi) is 3.75. The van der Waals surface area contributed by atoms with Gasteiger partial charge in [-0.1, -0.05) is 0 Å². The van der Waals surface area contributed by atoms with Crippen LogP contribution in [0.5, 0.6) is 0 Å². The van der Waals surface area contributed by atoms with Gasteiger partial charge in [0.15, 0.2) is 0 Å².